The first-order chi connectivity index (χ1) is 11.0. The van der Waals surface area contributed by atoms with Crippen molar-refractivity contribution in [3.8, 4) is 5.75 Å². The van der Waals surface area contributed by atoms with Gasteiger partial charge >= 0.3 is 0 Å². The highest BCUT2D eigenvalue weighted by Crippen LogP contribution is 2.61. The molecule has 0 saturated heterocycles. The number of hydrogen-bond acceptors (Lipinski definition) is 3. The number of aryl methyl sites for hydroxylation is 1. The van der Waals surface area contributed by atoms with Gasteiger partial charge in [-0.3, -0.25) is 0 Å². The molecule has 3 heteroatoms. The van der Waals surface area contributed by atoms with Crippen LogP contribution in [0.5, 0.6) is 5.75 Å². The molecule has 1 aromatic carbocycles. The number of benzene rings is 1. The van der Waals surface area contributed by atoms with E-state index in [0.29, 0.717) is 29.9 Å². The molecule has 0 amide bonds. The maximum atomic E-state index is 10.5. The Hall–Kier alpha value is -1.06. The van der Waals surface area contributed by atoms with Crippen molar-refractivity contribution >= 4 is 0 Å². The summed E-state index contributed by atoms with van der Waals surface area (Å²) in [4.78, 5) is 0. The van der Waals surface area contributed by atoms with Crippen molar-refractivity contribution in [3.05, 3.63) is 28.8 Å². The van der Waals surface area contributed by atoms with E-state index in [1.165, 1.54) is 17.5 Å². The number of aliphatic hydroxyl groups excluding tert-OH is 2. The topological polar surface area (TPSA) is 60.7 Å². The second-order valence-electron chi connectivity index (χ2n) is 8.21. The molecular formula is C20H28O3. The first-order valence-electron chi connectivity index (χ1n) is 9.18. The van der Waals surface area contributed by atoms with Gasteiger partial charge in [0.2, 0.25) is 0 Å². The monoisotopic (exact) mass is 316 g/mol. The Kier molecular flexibility index (Phi) is 3.69. The summed E-state index contributed by atoms with van der Waals surface area (Å²) >= 11 is 0. The van der Waals surface area contributed by atoms with E-state index in [2.05, 4.69) is 13.0 Å². The van der Waals surface area contributed by atoms with Crippen LogP contribution in [0.3, 0.4) is 0 Å². The molecule has 0 aromatic heterocycles. The molecule has 1 aromatic rings. The van der Waals surface area contributed by atoms with E-state index >= 15 is 0 Å². The van der Waals surface area contributed by atoms with Crippen LogP contribution >= 0.6 is 0 Å². The van der Waals surface area contributed by atoms with Gasteiger partial charge in [-0.2, -0.15) is 0 Å². The molecule has 3 nitrogen and oxygen atoms in total. The Labute approximate surface area is 138 Å². The van der Waals surface area contributed by atoms with Crippen molar-refractivity contribution in [2.24, 2.45) is 17.3 Å². The van der Waals surface area contributed by atoms with Crippen molar-refractivity contribution in [2.45, 2.75) is 63.9 Å². The average Bonchev–Trinajstić information content (AvgIpc) is 2.84. The molecule has 3 aliphatic carbocycles. The lowest BCUT2D eigenvalue weighted by Crippen LogP contribution is -2.43. The molecule has 0 heterocycles. The van der Waals surface area contributed by atoms with Crippen LogP contribution in [0.4, 0.5) is 0 Å². The highest BCUT2D eigenvalue weighted by atomic mass is 16.3. The fourth-order valence-corrected chi connectivity index (χ4v) is 5.95. The zero-order valence-electron chi connectivity index (χ0n) is 14.0. The first kappa shape index (κ1) is 15.5. The number of phenols is 1. The second kappa shape index (κ2) is 5.49. The standard InChI is InChI=1S/C20H28O3/c1-20-8-6-14-15(17(20)4-5-19(20)23)3-2-12-11-18(22)13(7-9-21)10-16(12)14/h10-11,14-15,17,19,21-23H,2-9H2,1H3/t14-,15+,17-,19-,20-/m0/s1. The van der Waals surface area contributed by atoms with Gasteiger partial charge < -0.3 is 15.3 Å². The molecule has 23 heavy (non-hydrogen) atoms. The van der Waals surface area contributed by atoms with E-state index in [9.17, 15) is 15.3 Å². The van der Waals surface area contributed by atoms with Crippen molar-refractivity contribution in [3.63, 3.8) is 0 Å². The Morgan fingerprint density at radius 2 is 2.00 bits per heavy atom. The number of rotatable bonds is 2. The lowest BCUT2D eigenvalue weighted by Gasteiger charge is -2.50. The summed E-state index contributed by atoms with van der Waals surface area (Å²) in [5.41, 5.74) is 3.70. The highest BCUT2D eigenvalue weighted by molar-refractivity contribution is 5.45. The van der Waals surface area contributed by atoms with Crippen molar-refractivity contribution in [1.29, 1.82) is 0 Å². The third kappa shape index (κ3) is 2.24. The van der Waals surface area contributed by atoms with Crippen LogP contribution in [0.2, 0.25) is 0 Å². The van der Waals surface area contributed by atoms with Crippen molar-refractivity contribution in [2.75, 3.05) is 6.61 Å². The molecule has 126 valence electrons. The van der Waals surface area contributed by atoms with E-state index < -0.39 is 0 Å². The minimum atomic E-state index is -0.125. The molecule has 4 rings (SSSR count). The molecule has 3 N–H and O–H groups in total. The third-order valence-electron chi connectivity index (χ3n) is 7.26. The summed E-state index contributed by atoms with van der Waals surface area (Å²) in [6.45, 7) is 2.38. The Balaban J connectivity index is 1.70. The fourth-order valence-electron chi connectivity index (χ4n) is 5.95. The SMILES string of the molecule is C[C@]12CC[C@@H]3c4cc(CCO)c(O)cc4CC[C@H]3[C@@H]1CC[C@@H]2O. The summed E-state index contributed by atoms with van der Waals surface area (Å²) in [6, 6.07) is 4.10. The van der Waals surface area contributed by atoms with Gasteiger partial charge in [-0.25, -0.2) is 0 Å². The molecule has 0 unspecified atom stereocenters. The van der Waals surface area contributed by atoms with E-state index in [0.717, 1.165) is 37.7 Å². The van der Waals surface area contributed by atoms with Crippen LogP contribution in [0.25, 0.3) is 0 Å². The van der Waals surface area contributed by atoms with Crippen LogP contribution < -0.4 is 0 Å². The van der Waals surface area contributed by atoms with Crippen molar-refractivity contribution in [1.82, 2.24) is 0 Å². The Morgan fingerprint density at radius 3 is 2.78 bits per heavy atom. The Bertz CT molecular complexity index is 611. The van der Waals surface area contributed by atoms with Crippen LogP contribution in [-0.2, 0) is 12.8 Å². The number of fused-ring (bicyclic) bond motifs is 5. The number of phenolic OH excluding ortho intramolecular Hbond substituents is 1. The van der Waals surface area contributed by atoms with Gasteiger partial charge in [0.1, 0.15) is 5.75 Å². The average molecular weight is 316 g/mol. The fraction of sp³-hybridized carbons (Fsp3) is 0.700. The number of aromatic hydroxyl groups is 1. The minimum absolute atomic E-state index is 0.0767. The van der Waals surface area contributed by atoms with E-state index in [1.807, 2.05) is 6.07 Å². The van der Waals surface area contributed by atoms with Crippen LogP contribution in [0, 0.1) is 17.3 Å². The van der Waals surface area contributed by atoms with Gasteiger partial charge in [0.25, 0.3) is 0 Å². The maximum Gasteiger partial charge on any atom is 0.119 e. The molecule has 0 radical (unpaired) electrons. The van der Waals surface area contributed by atoms with E-state index in [1.54, 1.807) is 0 Å². The third-order valence-corrected chi connectivity index (χ3v) is 7.26. The minimum Gasteiger partial charge on any atom is -0.508 e. The molecule has 0 aliphatic heterocycles. The van der Waals surface area contributed by atoms with Gasteiger partial charge in [0, 0.05) is 6.61 Å². The molecular weight excluding hydrogens is 288 g/mol. The summed E-state index contributed by atoms with van der Waals surface area (Å²) < 4.78 is 0. The summed E-state index contributed by atoms with van der Waals surface area (Å²) in [7, 11) is 0. The van der Waals surface area contributed by atoms with E-state index in [-0.39, 0.29) is 18.1 Å². The molecule has 2 fully saturated rings. The molecule has 2 saturated carbocycles. The van der Waals surface area contributed by atoms with Crippen LogP contribution in [0.1, 0.15) is 61.6 Å². The highest BCUT2D eigenvalue weighted by Gasteiger charge is 2.54. The Morgan fingerprint density at radius 1 is 1.17 bits per heavy atom. The molecule has 3 aliphatic rings. The summed E-state index contributed by atoms with van der Waals surface area (Å²) in [5, 5.41) is 29.9. The molecule has 0 spiro atoms. The lowest BCUT2D eigenvalue weighted by atomic mass is 9.55. The van der Waals surface area contributed by atoms with E-state index in [4.69, 9.17) is 0 Å². The summed E-state index contributed by atoms with van der Waals surface area (Å²) in [6.07, 6.45) is 6.99. The number of aliphatic hydroxyl groups is 2. The zero-order valence-corrected chi connectivity index (χ0v) is 14.0. The predicted molar refractivity (Wildman–Crippen MR) is 89.5 cm³/mol. The largest absolute Gasteiger partial charge is 0.508 e. The van der Waals surface area contributed by atoms with Gasteiger partial charge in [-0.15, -0.1) is 0 Å². The first-order valence-corrected chi connectivity index (χ1v) is 9.18. The van der Waals surface area contributed by atoms with Crippen molar-refractivity contribution < 1.29 is 15.3 Å². The van der Waals surface area contributed by atoms with Crippen LogP contribution in [-0.4, -0.2) is 28.0 Å². The number of hydrogen-bond donors (Lipinski definition) is 3. The van der Waals surface area contributed by atoms with Gasteiger partial charge in [-0.05, 0) is 90.9 Å². The van der Waals surface area contributed by atoms with Crippen LogP contribution in [0.15, 0.2) is 12.1 Å². The van der Waals surface area contributed by atoms with Gasteiger partial charge in [0.15, 0.2) is 0 Å². The summed E-state index contributed by atoms with van der Waals surface area (Å²) in [5.74, 6) is 2.22. The molecule has 0 bridgehead atoms. The quantitative estimate of drug-likeness (QED) is 0.785. The maximum absolute atomic E-state index is 10.5. The predicted octanol–water partition coefficient (Wildman–Crippen LogP) is 3.14. The zero-order chi connectivity index (χ0) is 16.2. The second-order valence-corrected chi connectivity index (χ2v) is 8.21. The smallest absolute Gasteiger partial charge is 0.119 e. The van der Waals surface area contributed by atoms with Gasteiger partial charge in [0.05, 0.1) is 6.10 Å². The lowest BCUT2D eigenvalue weighted by molar-refractivity contribution is -0.0226. The molecule has 5 atom stereocenters. The van der Waals surface area contributed by atoms with Gasteiger partial charge in [-0.1, -0.05) is 13.0 Å². The normalized spacial score (nSPS) is 38.7.